The van der Waals surface area contributed by atoms with Gasteiger partial charge in [-0.2, -0.15) is 0 Å². The zero-order chi connectivity index (χ0) is 11.4. The van der Waals surface area contributed by atoms with Crippen molar-refractivity contribution in [1.82, 2.24) is 19.9 Å². The van der Waals surface area contributed by atoms with Crippen molar-refractivity contribution in [3.8, 4) is 0 Å². The SMILES string of the molecule is Nc1cnc(C(=O)Nc2cncnc2)cn1. The summed E-state index contributed by atoms with van der Waals surface area (Å²) in [6, 6.07) is 0. The van der Waals surface area contributed by atoms with Gasteiger partial charge in [-0.3, -0.25) is 4.79 Å². The molecule has 80 valence electrons. The molecule has 16 heavy (non-hydrogen) atoms. The normalized spacial score (nSPS) is 9.75. The summed E-state index contributed by atoms with van der Waals surface area (Å²) in [4.78, 5) is 26.7. The van der Waals surface area contributed by atoms with Crippen LogP contribution in [-0.4, -0.2) is 25.8 Å². The molecule has 0 radical (unpaired) electrons. The van der Waals surface area contributed by atoms with Gasteiger partial charge in [-0.05, 0) is 0 Å². The van der Waals surface area contributed by atoms with Gasteiger partial charge in [0, 0.05) is 0 Å². The molecule has 0 saturated carbocycles. The van der Waals surface area contributed by atoms with Gasteiger partial charge in [0.2, 0.25) is 0 Å². The fourth-order valence-electron chi connectivity index (χ4n) is 1.01. The zero-order valence-corrected chi connectivity index (χ0v) is 8.16. The van der Waals surface area contributed by atoms with E-state index in [1.807, 2.05) is 0 Å². The third-order valence-electron chi connectivity index (χ3n) is 1.72. The minimum Gasteiger partial charge on any atom is -0.382 e. The molecule has 1 amide bonds. The summed E-state index contributed by atoms with van der Waals surface area (Å²) in [5.74, 6) is -0.123. The molecule has 2 aromatic heterocycles. The van der Waals surface area contributed by atoms with Gasteiger partial charge >= 0.3 is 0 Å². The van der Waals surface area contributed by atoms with E-state index in [-0.39, 0.29) is 17.4 Å². The monoisotopic (exact) mass is 216 g/mol. The number of hydrogen-bond donors (Lipinski definition) is 2. The van der Waals surface area contributed by atoms with Crippen molar-refractivity contribution < 1.29 is 4.79 Å². The third-order valence-corrected chi connectivity index (χ3v) is 1.72. The fourth-order valence-corrected chi connectivity index (χ4v) is 1.01. The van der Waals surface area contributed by atoms with Crippen LogP contribution in [0.2, 0.25) is 0 Å². The van der Waals surface area contributed by atoms with Crippen molar-refractivity contribution in [3.63, 3.8) is 0 Å². The Hall–Kier alpha value is -2.57. The van der Waals surface area contributed by atoms with Crippen molar-refractivity contribution in [2.75, 3.05) is 11.1 Å². The van der Waals surface area contributed by atoms with Crippen LogP contribution in [0.5, 0.6) is 0 Å². The minimum absolute atomic E-state index is 0.179. The first-order valence-corrected chi connectivity index (χ1v) is 4.39. The van der Waals surface area contributed by atoms with Crippen molar-refractivity contribution >= 4 is 17.4 Å². The van der Waals surface area contributed by atoms with Crippen molar-refractivity contribution in [2.45, 2.75) is 0 Å². The van der Waals surface area contributed by atoms with E-state index in [1.165, 1.54) is 31.1 Å². The predicted octanol–water partition coefficient (Wildman–Crippen LogP) is 0.101. The number of amides is 1. The summed E-state index contributed by atoms with van der Waals surface area (Å²) < 4.78 is 0. The van der Waals surface area contributed by atoms with Gasteiger partial charge in [-0.1, -0.05) is 0 Å². The van der Waals surface area contributed by atoms with E-state index in [4.69, 9.17) is 5.73 Å². The summed E-state index contributed by atoms with van der Waals surface area (Å²) in [6.45, 7) is 0. The molecular formula is C9H8N6O. The van der Waals surface area contributed by atoms with Gasteiger partial charge in [0.1, 0.15) is 17.8 Å². The molecule has 7 heteroatoms. The standard InChI is InChI=1S/C9H8N6O/c10-8-4-13-7(3-14-8)9(16)15-6-1-11-5-12-2-6/h1-5H,(H2,10,14)(H,15,16). The smallest absolute Gasteiger partial charge is 0.275 e. The van der Waals surface area contributed by atoms with Crippen LogP contribution in [0.15, 0.2) is 31.1 Å². The van der Waals surface area contributed by atoms with Gasteiger partial charge in [0.05, 0.1) is 30.5 Å². The first kappa shape index (κ1) is 9.97. The third kappa shape index (κ3) is 2.27. The number of carbonyl (C=O) groups excluding carboxylic acids is 1. The number of nitrogen functional groups attached to an aromatic ring is 1. The summed E-state index contributed by atoms with van der Waals surface area (Å²) >= 11 is 0. The van der Waals surface area contributed by atoms with Gasteiger partial charge in [0.15, 0.2) is 0 Å². The molecule has 3 N–H and O–H groups in total. The maximum absolute atomic E-state index is 11.6. The van der Waals surface area contributed by atoms with E-state index < -0.39 is 0 Å². The molecule has 0 aliphatic rings. The fraction of sp³-hybridized carbons (Fsp3) is 0. The molecule has 0 bridgehead atoms. The topological polar surface area (TPSA) is 107 Å². The quantitative estimate of drug-likeness (QED) is 0.737. The molecular weight excluding hydrogens is 208 g/mol. The highest BCUT2D eigenvalue weighted by atomic mass is 16.1. The molecule has 2 heterocycles. The second kappa shape index (κ2) is 4.30. The maximum atomic E-state index is 11.6. The van der Waals surface area contributed by atoms with E-state index in [9.17, 15) is 4.79 Å². The number of carbonyl (C=O) groups is 1. The molecule has 0 spiro atoms. The average Bonchev–Trinajstić information content (AvgIpc) is 2.31. The number of aromatic nitrogens is 4. The maximum Gasteiger partial charge on any atom is 0.275 e. The number of nitrogens with one attached hydrogen (secondary N) is 1. The molecule has 2 aromatic rings. The Balaban J connectivity index is 2.12. The Bertz CT molecular complexity index is 483. The van der Waals surface area contributed by atoms with Crippen molar-refractivity contribution in [2.24, 2.45) is 0 Å². The van der Waals surface area contributed by atoms with Gasteiger partial charge in [-0.25, -0.2) is 19.9 Å². The lowest BCUT2D eigenvalue weighted by Crippen LogP contribution is -2.14. The summed E-state index contributed by atoms with van der Waals surface area (Å²) in [7, 11) is 0. The Kier molecular flexibility index (Phi) is 2.68. The molecule has 0 aliphatic heterocycles. The van der Waals surface area contributed by atoms with Crippen LogP contribution in [0.3, 0.4) is 0 Å². The van der Waals surface area contributed by atoms with Crippen LogP contribution >= 0.6 is 0 Å². The van der Waals surface area contributed by atoms with Crippen LogP contribution in [0.1, 0.15) is 10.5 Å². The number of hydrogen-bond acceptors (Lipinski definition) is 6. The number of nitrogens with zero attached hydrogens (tertiary/aromatic N) is 4. The van der Waals surface area contributed by atoms with Crippen LogP contribution in [0, 0.1) is 0 Å². The summed E-state index contributed by atoms with van der Waals surface area (Å²) in [5.41, 5.74) is 6.02. The van der Waals surface area contributed by atoms with Crippen LogP contribution in [0.25, 0.3) is 0 Å². The lowest BCUT2D eigenvalue weighted by Gasteiger charge is -2.02. The minimum atomic E-state index is -0.387. The van der Waals surface area contributed by atoms with Gasteiger partial charge < -0.3 is 11.1 Å². The van der Waals surface area contributed by atoms with E-state index in [1.54, 1.807) is 0 Å². The highest BCUT2D eigenvalue weighted by Crippen LogP contribution is 2.04. The Morgan fingerprint density at radius 3 is 2.50 bits per heavy atom. The highest BCUT2D eigenvalue weighted by Gasteiger charge is 2.07. The highest BCUT2D eigenvalue weighted by molar-refractivity contribution is 6.02. The molecule has 2 rings (SSSR count). The first-order valence-electron chi connectivity index (χ1n) is 4.39. The zero-order valence-electron chi connectivity index (χ0n) is 8.16. The van der Waals surface area contributed by atoms with E-state index in [2.05, 4.69) is 25.3 Å². The predicted molar refractivity (Wildman–Crippen MR) is 56.4 cm³/mol. The number of rotatable bonds is 2. The second-order valence-electron chi connectivity index (χ2n) is 2.91. The van der Waals surface area contributed by atoms with Crippen LogP contribution < -0.4 is 11.1 Å². The van der Waals surface area contributed by atoms with Crippen molar-refractivity contribution in [1.29, 1.82) is 0 Å². The Morgan fingerprint density at radius 2 is 1.88 bits per heavy atom. The van der Waals surface area contributed by atoms with Gasteiger partial charge in [-0.15, -0.1) is 0 Å². The molecule has 0 saturated heterocycles. The lowest BCUT2D eigenvalue weighted by atomic mass is 10.4. The lowest BCUT2D eigenvalue weighted by molar-refractivity contribution is 0.102. The largest absolute Gasteiger partial charge is 0.382 e. The Morgan fingerprint density at radius 1 is 1.12 bits per heavy atom. The Labute approximate surface area is 90.8 Å². The second-order valence-corrected chi connectivity index (χ2v) is 2.91. The van der Waals surface area contributed by atoms with E-state index in [0.29, 0.717) is 5.69 Å². The van der Waals surface area contributed by atoms with Crippen LogP contribution in [-0.2, 0) is 0 Å². The van der Waals surface area contributed by atoms with Crippen LogP contribution in [0.4, 0.5) is 11.5 Å². The van der Waals surface area contributed by atoms with Crippen molar-refractivity contribution in [3.05, 3.63) is 36.8 Å². The molecule has 0 aliphatic carbocycles. The molecule has 0 aromatic carbocycles. The molecule has 0 unspecified atom stereocenters. The van der Waals surface area contributed by atoms with Gasteiger partial charge in [0.25, 0.3) is 5.91 Å². The summed E-state index contributed by atoms with van der Waals surface area (Å²) in [6.07, 6.45) is 6.95. The van der Waals surface area contributed by atoms with E-state index >= 15 is 0 Å². The van der Waals surface area contributed by atoms with E-state index in [0.717, 1.165) is 0 Å². The molecule has 0 fully saturated rings. The summed E-state index contributed by atoms with van der Waals surface area (Å²) in [5, 5.41) is 2.57. The molecule has 0 atom stereocenters. The average molecular weight is 216 g/mol. The number of anilines is 2. The number of nitrogens with two attached hydrogens (primary N) is 1. The molecule has 7 nitrogen and oxygen atoms in total. The first-order chi connectivity index (χ1) is 7.75.